The van der Waals surface area contributed by atoms with Crippen LogP contribution in [0.3, 0.4) is 0 Å². The maximum Gasteiger partial charge on any atom is 0.346 e. The third-order valence-corrected chi connectivity index (χ3v) is 4.95. The van der Waals surface area contributed by atoms with Crippen LogP contribution in [0.15, 0.2) is 35.1 Å². The quantitative estimate of drug-likeness (QED) is 0.813. The van der Waals surface area contributed by atoms with Gasteiger partial charge in [-0.15, -0.1) is 0 Å². The number of piperidine rings is 1. The van der Waals surface area contributed by atoms with Crippen molar-refractivity contribution in [3.8, 4) is 17.0 Å². The van der Waals surface area contributed by atoms with Crippen LogP contribution in [0.5, 0.6) is 5.75 Å². The number of carbonyl (C=O) groups excluding carboxylic acids is 1. The third kappa shape index (κ3) is 4.95. The van der Waals surface area contributed by atoms with Crippen LogP contribution in [0.25, 0.3) is 11.3 Å². The van der Waals surface area contributed by atoms with Gasteiger partial charge in [-0.05, 0) is 63.2 Å². The number of amides is 1. The van der Waals surface area contributed by atoms with Crippen LogP contribution >= 0.6 is 0 Å². The van der Waals surface area contributed by atoms with E-state index in [4.69, 9.17) is 4.74 Å². The molecule has 1 saturated heterocycles. The fourth-order valence-corrected chi connectivity index (χ4v) is 3.31. The molecule has 1 unspecified atom stereocenters. The van der Waals surface area contributed by atoms with Crippen LogP contribution < -0.4 is 15.7 Å². The Morgan fingerprint density at radius 1 is 1.26 bits per heavy atom. The zero-order valence-electron chi connectivity index (χ0n) is 15.8. The van der Waals surface area contributed by atoms with Crippen LogP contribution in [-0.2, 0) is 0 Å². The Morgan fingerprint density at radius 3 is 2.63 bits per heavy atom. The van der Waals surface area contributed by atoms with Crippen molar-refractivity contribution in [2.45, 2.75) is 32.2 Å². The first-order valence-electron chi connectivity index (χ1n) is 9.35. The molecule has 2 heterocycles. The number of carbonyl (C=O) groups is 1. The van der Waals surface area contributed by atoms with E-state index in [1.807, 2.05) is 0 Å². The SMILES string of the molecule is COc1ccc(-c2cc(C(=O)NCC(C)N3CCCCC3)[nH]c(=O)n2)cc1. The maximum absolute atomic E-state index is 12.5. The van der Waals surface area contributed by atoms with Crippen LogP contribution in [0, 0.1) is 0 Å². The Kier molecular flexibility index (Phi) is 6.24. The number of nitrogens with zero attached hydrogens (tertiary/aromatic N) is 2. The third-order valence-electron chi connectivity index (χ3n) is 4.95. The maximum atomic E-state index is 12.5. The Balaban J connectivity index is 1.69. The van der Waals surface area contributed by atoms with Gasteiger partial charge in [0.1, 0.15) is 11.4 Å². The molecule has 2 aromatic rings. The molecule has 1 fully saturated rings. The second-order valence-electron chi connectivity index (χ2n) is 6.87. The summed E-state index contributed by atoms with van der Waals surface area (Å²) in [5.74, 6) is 0.418. The Bertz CT molecular complexity index is 826. The van der Waals surface area contributed by atoms with Crippen LogP contribution in [0.4, 0.5) is 0 Å². The average Bonchev–Trinajstić information content (AvgIpc) is 2.72. The second kappa shape index (κ2) is 8.81. The van der Waals surface area contributed by atoms with Crippen molar-refractivity contribution in [3.63, 3.8) is 0 Å². The molecule has 1 aliphatic rings. The van der Waals surface area contributed by atoms with Crippen molar-refractivity contribution < 1.29 is 9.53 Å². The van der Waals surface area contributed by atoms with Crippen LogP contribution in [0.2, 0.25) is 0 Å². The number of nitrogens with one attached hydrogen (secondary N) is 2. The lowest BCUT2D eigenvalue weighted by atomic mass is 10.1. The molecular formula is C20H26N4O3. The number of rotatable bonds is 6. The molecule has 1 aliphatic heterocycles. The Morgan fingerprint density at radius 2 is 1.96 bits per heavy atom. The number of aromatic nitrogens is 2. The number of hydrogen-bond donors (Lipinski definition) is 2. The number of benzene rings is 1. The zero-order chi connectivity index (χ0) is 19.2. The van der Waals surface area contributed by atoms with E-state index in [9.17, 15) is 9.59 Å². The smallest absolute Gasteiger partial charge is 0.346 e. The highest BCUT2D eigenvalue weighted by atomic mass is 16.5. The first-order chi connectivity index (χ1) is 13.1. The summed E-state index contributed by atoms with van der Waals surface area (Å²) >= 11 is 0. The summed E-state index contributed by atoms with van der Waals surface area (Å²) in [4.78, 5) is 33.3. The topological polar surface area (TPSA) is 87.3 Å². The lowest BCUT2D eigenvalue weighted by Crippen LogP contribution is -2.44. The number of H-pyrrole nitrogens is 1. The Hall–Kier alpha value is -2.67. The normalized spacial score (nSPS) is 15.9. The molecule has 1 amide bonds. The van der Waals surface area contributed by atoms with Gasteiger partial charge in [-0.25, -0.2) is 4.79 Å². The van der Waals surface area contributed by atoms with Gasteiger partial charge in [-0.1, -0.05) is 6.42 Å². The standard InChI is InChI=1S/C20H26N4O3/c1-14(24-10-4-3-5-11-24)13-21-19(25)18-12-17(22-20(26)23-18)15-6-8-16(27-2)9-7-15/h6-9,12,14H,3-5,10-11,13H2,1-2H3,(H,21,25)(H,22,23,26). The summed E-state index contributed by atoms with van der Waals surface area (Å²) in [6, 6.07) is 9.06. The summed E-state index contributed by atoms with van der Waals surface area (Å²) in [6.07, 6.45) is 3.70. The van der Waals surface area contributed by atoms with E-state index in [-0.39, 0.29) is 17.6 Å². The fourth-order valence-electron chi connectivity index (χ4n) is 3.31. The number of methoxy groups -OCH3 is 1. The zero-order valence-corrected chi connectivity index (χ0v) is 15.8. The molecule has 0 radical (unpaired) electrons. The highest BCUT2D eigenvalue weighted by molar-refractivity contribution is 5.93. The van der Waals surface area contributed by atoms with Crippen molar-refractivity contribution in [1.29, 1.82) is 0 Å². The molecule has 7 nitrogen and oxygen atoms in total. The van der Waals surface area contributed by atoms with Gasteiger partial charge < -0.3 is 15.0 Å². The number of likely N-dealkylation sites (tertiary alicyclic amines) is 1. The van der Waals surface area contributed by atoms with Crippen molar-refractivity contribution in [2.75, 3.05) is 26.7 Å². The largest absolute Gasteiger partial charge is 0.497 e. The predicted molar refractivity (Wildman–Crippen MR) is 104 cm³/mol. The number of hydrogen-bond acceptors (Lipinski definition) is 5. The van der Waals surface area contributed by atoms with Crippen LogP contribution in [0.1, 0.15) is 36.7 Å². The average molecular weight is 370 g/mol. The van der Waals surface area contributed by atoms with Gasteiger partial charge in [0.2, 0.25) is 0 Å². The molecule has 1 atom stereocenters. The summed E-state index contributed by atoms with van der Waals surface area (Å²) in [5.41, 5.74) is 0.873. The molecule has 7 heteroatoms. The van der Waals surface area contributed by atoms with Gasteiger partial charge in [0.25, 0.3) is 5.91 Å². The van der Waals surface area contributed by atoms with Crippen molar-refractivity contribution in [1.82, 2.24) is 20.2 Å². The molecule has 1 aromatic heterocycles. The molecule has 1 aromatic carbocycles. The number of ether oxygens (including phenoxy) is 1. The van der Waals surface area contributed by atoms with Gasteiger partial charge in [0.05, 0.1) is 12.8 Å². The lowest BCUT2D eigenvalue weighted by molar-refractivity contribution is 0.0924. The summed E-state index contributed by atoms with van der Waals surface area (Å²) in [7, 11) is 1.59. The highest BCUT2D eigenvalue weighted by Gasteiger charge is 2.18. The van der Waals surface area contributed by atoms with E-state index >= 15 is 0 Å². The van der Waals surface area contributed by atoms with E-state index in [1.165, 1.54) is 19.3 Å². The van der Waals surface area contributed by atoms with E-state index in [1.54, 1.807) is 37.4 Å². The summed E-state index contributed by atoms with van der Waals surface area (Å²) in [5, 5.41) is 2.92. The predicted octanol–water partition coefficient (Wildman–Crippen LogP) is 2.05. The lowest BCUT2D eigenvalue weighted by Gasteiger charge is -2.32. The Labute approximate surface area is 158 Å². The van der Waals surface area contributed by atoms with Gasteiger partial charge in [0.15, 0.2) is 0 Å². The van der Waals surface area contributed by atoms with Crippen LogP contribution in [-0.4, -0.2) is 53.6 Å². The first kappa shape index (κ1) is 19.1. The molecule has 3 rings (SSSR count). The van der Waals surface area contributed by atoms with Gasteiger partial charge >= 0.3 is 5.69 Å². The molecule has 0 bridgehead atoms. The van der Waals surface area contributed by atoms with Gasteiger partial charge in [-0.3, -0.25) is 9.69 Å². The molecular weight excluding hydrogens is 344 g/mol. The number of aromatic amines is 1. The second-order valence-corrected chi connectivity index (χ2v) is 6.87. The molecule has 144 valence electrons. The minimum atomic E-state index is -0.544. The van der Waals surface area contributed by atoms with Crippen molar-refractivity contribution >= 4 is 5.91 Å². The molecule has 2 N–H and O–H groups in total. The van der Waals surface area contributed by atoms with Crippen molar-refractivity contribution in [2.24, 2.45) is 0 Å². The summed E-state index contributed by atoms with van der Waals surface area (Å²) in [6.45, 7) is 4.81. The minimum absolute atomic E-state index is 0.215. The monoisotopic (exact) mass is 370 g/mol. The van der Waals surface area contributed by atoms with E-state index in [2.05, 4.69) is 27.1 Å². The highest BCUT2D eigenvalue weighted by Crippen LogP contribution is 2.20. The van der Waals surface area contributed by atoms with E-state index < -0.39 is 5.69 Å². The van der Waals surface area contributed by atoms with Crippen molar-refractivity contribution in [3.05, 3.63) is 46.5 Å². The molecule has 0 aliphatic carbocycles. The molecule has 27 heavy (non-hydrogen) atoms. The van der Waals surface area contributed by atoms with E-state index in [0.29, 0.717) is 18.0 Å². The first-order valence-corrected chi connectivity index (χ1v) is 9.35. The van der Waals surface area contributed by atoms with E-state index in [0.717, 1.165) is 18.7 Å². The van der Waals surface area contributed by atoms with Gasteiger partial charge in [0, 0.05) is 18.2 Å². The fraction of sp³-hybridized carbons (Fsp3) is 0.450. The summed E-state index contributed by atoms with van der Waals surface area (Å²) < 4.78 is 5.14. The molecule has 0 saturated carbocycles. The molecule has 0 spiro atoms. The van der Waals surface area contributed by atoms with Gasteiger partial charge in [-0.2, -0.15) is 4.98 Å². The minimum Gasteiger partial charge on any atom is -0.497 e.